The van der Waals surface area contributed by atoms with E-state index in [4.69, 9.17) is 4.52 Å². The predicted molar refractivity (Wildman–Crippen MR) is 129 cm³/mol. The third-order valence-electron chi connectivity index (χ3n) is 7.10. The lowest BCUT2D eigenvalue weighted by molar-refractivity contribution is -0.0472. The molecule has 0 radical (unpaired) electrons. The van der Waals surface area contributed by atoms with E-state index >= 15 is 0 Å². The van der Waals surface area contributed by atoms with Crippen LogP contribution in [0, 0.1) is 19.8 Å². The first-order chi connectivity index (χ1) is 16.2. The van der Waals surface area contributed by atoms with Crippen LogP contribution in [0.25, 0.3) is 33.2 Å². The van der Waals surface area contributed by atoms with Crippen LogP contribution in [-0.4, -0.2) is 21.4 Å². The molecule has 1 aliphatic rings. The van der Waals surface area contributed by atoms with Crippen molar-refractivity contribution in [2.24, 2.45) is 5.92 Å². The molecule has 6 heteroatoms. The Labute approximate surface area is 197 Å². The normalized spacial score (nSPS) is 16.3. The zero-order valence-electron chi connectivity index (χ0n) is 19.7. The molecule has 5 rings (SSSR count). The summed E-state index contributed by atoms with van der Waals surface area (Å²) in [6, 6.07) is 14.0. The Morgan fingerprint density at radius 3 is 2.38 bits per heavy atom. The fraction of sp³-hybridized carbons (Fsp3) is 0.357. The number of hydrogen-bond donors (Lipinski definition) is 0. The van der Waals surface area contributed by atoms with Crippen LogP contribution in [0.2, 0.25) is 0 Å². The molecule has 2 aromatic heterocycles. The van der Waals surface area contributed by atoms with Crippen molar-refractivity contribution in [1.29, 1.82) is 0 Å². The third kappa shape index (κ3) is 4.17. The maximum Gasteiger partial charge on any atom is 0.248 e. The number of halogens is 2. The predicted octanol–water partition coefficient (Wildman–Crippen LogP) is 7.61. The Balaban J connectivity index is 1.59. The van der Waals surface area contributed by atoms with Gasteiger partial charge in [-0.3, -0.25) is 4.79 Å². The number of nitrogens with zero attached hydrogens (tertiary/aromatic N) is 2. The largest absolute Gasteiger partial charge is 0.361 e. The molecule has 4 aromatic rings. The standard InChI is InChI=1S/C28H28F2N2O2/c1-17-27(19(3)34-31-17)23-8-9-24-25(22-6-4-21(5-7-22)18(2)33)16-32(26(24)14-23)15-20-10-12-28(29,30)13-11-20/h4-9,14,16,20H,10-13,15H2,1-3H3. The molecular weight excluding hydrogens is 434 g/mol. The van der Waals surface area contributed by atoms with Crippen molar-refractivity contribution < 1.29 is 18.1 Å². The molecule has 1 saturated carbocycles. The summed E-state index contributed by atoms with van der Waals surface area (Å²) in [6.07, 6.45) is 3.09. The lowest BCUT2D eigenvalue weighted by Crippen LogP contribution is -2.26. The fourth-order valence-corrected chi connectivity index (χ4v) is 5.17. The van der Waals surface area contributed by atoms with E-state index in [1.165, 1.54) is 0 Å². The first-order valence-corrected chi connectivity index (χ1v) is 11.8. The summed E-state index contributed by atoms with van der Waals surface area (Å²) >= 11 is 0. The van der Waals surface area contributed by atoms with Gasteiger partial charge < -0.3 is 9.09 Å². The van der Waals surface area contributed by atoms with Crippen LogP contribution in [-0.2, 0) is 6.54 Å². The molecule has 2 heterocycles. The van der Waals surface area contributed by atoms with E-state index in [2.05, 4.69) is 34.1 Å². The number of benzene rings is 2. The highest BCUT2D eigenvalue weighted by Gasteiger charge is 2.35. The van der Waals surface area contributed by atoms with Crippen molar-refractivity contribution in [3.63, 3.8) is 0 Å². The SMILES string of the molecule is CC(=O)c1ccc(-c2cn(CC3CCC(F)(F)CC3)c3cc(-c4c(C)noc4C)ccc23)cc1. The minimum atomic E-state index is -2.53. The second-order valence-corrected chi connectivity index (χ2v) is 9.56. The van der Waals surface area contributed by atoms with Crippen molar-refractivity contribution >= 4 is 16.7 Å². The van der Waals surface area contributed by atoms with E-state index in [0.717, 1.165) is 44.6 Å². The minimum Gasteiger partial charge on any atom is -0.361 e. The number of Topliss-reactive ketones (excluding diaryl/α,β-unsaturated/α-hetero) is 1. The Bertz CT molecular complexity index is 1340. The van der Waals surface area contributed by atoms with Crippen LogP contribution in [0.15, 0.2) is 53.2 Å². The molecule has 0 atom stereocenters. The van der Waals surface area contributed by atoms with Gasteiger partial charge in [0.05, 0.1) is 5.69 Å². The first kappa shape index (κ1) is 22.5. The molecule has 0 aliphatic heterocycles. The Morgan fingerprint density at radius 2 is 1.76 bits per heavy atom. The summed E-state index contributed by atoms with van der Waals surface area (Å²) in [7, 11) is 0. The molecule has 176 valence electrons. The van der Waals surface area contributed by atoms with Crippen molar-refractivity contribution in [3.05, 3.63) is 65.7 Å². The van der Waals surface area contributed by atoms with E-state index < -0.39 is 5.92 Å². The number of rotatable bonds is 5. The van der Waals surface area contributed by atoms with Gasteiger partial charge in [0.25, 0.3) is 0 Å². The number of alkyl halides is 2. The first-order valence-electron chi connectivity index (χ1n) is 11.8. The minimum absolute atomic E-state index is 0.0344. The Morgan fingerprint density at radius 1 is 1.09 bits per heavy atom. The van der Waals surface area contributed by atoms with Crippen molar-refractivity contribution in [1.82, 2.24) is 9.72 Å². The van der Waals surface area contributed by atoms with Gasteiger partial charge in [-0.1, -0.05) is 41.6 Å². The molecule has 0 unspecified atom stereocenters. The van der Waals surface area contributed by atoms with Crippen LogP contribution in [0.4, 0.5) is 8.78 Å². The monoisotopic (exact) mass is 462 g/mol. The number of carbonyl (C=O) groups is 1. The number of ketones is 1. The van der Waals surface area contributed by atoms with Crippen molar-refractivity contribution in [2.45, 2.75) is 58.9 Å². The zero-order chi connectivity index (χ0) is 24.0. The summed E-state index contributed by atoms with van der Waals surface area (Å²) in [5, 5.41) is 5.19. The van der Waals surface area contributed by atoms with Gasteiger partial charge in [0.2, 0.25) is 5.92 Å². The molecule has 2 aromatic carbocycles. The van der Waals surface area contributed by atoms with E-state index in [9.17, 15) is 13.6 Å². The highest BCUT2D eigenvalue weighted by Crippen LogP contribution is 2.39. The topological polar surface area (TPSA) is 48.0 Å². The Kier molecular flexibility index (Phi) is 5.62. The molecule has 0 N–H and O–H groups in total. The second kappa shape index (κ2) is 8.49. The molecule has 34 heavy (non-hydrogen) atoms. The van der Waals surface area contributed by atoms with Gasteiger partial charge in [0, 0.05) is 53.2 Å². The summed E-state index contributed by atoms with van der Waals surface area (Å²) in [4.78, 5) is 11.7. The second-order valence-electron chi connectivity index (χ2n) is 9.56. The molecular formula is C28H28F2N2O2. The van der Waals surface area contributed by atoms with Crippen LogP contribution in [0.3, 0.4) is 0 Å². The smallest absolute Gasteiger partial charge is 0.248 e. The lowest BCUT2D eigenvalue weighted by Gasteiger charge is -2.28. The number of carbonyl (C=O) groups excluding carboxylic acids is 1. The molecule has 1 fully saturated rings. The van der Waals surface area contributed by atoms with Crippen LogP contribution in [0.1, 0.15) is 54.4 Å². The highest BCUT2D eigenvalue weighted by atomic mass is 19.3. The summed E-state index contributed by atoms with van der Waals surface area (Å²) in [5.74, 6) is -1.52. The maximum atomic E-state index is 13.7. The van der Waals surface area contributed by atoms with Gasteiger partial charge in [0.15, 0.2) is 5.78 Å². The molecule has 0 amide bonds. The highest BCUT2D eigenvalue weighted by molar-refractivity contribution is 5.99. The summed E-state index contributed by atoms with van der Waals surface area (Å²) in [6.45, 7) is 6.09. The van der Waals surface area contributed by atoms with Gasteiger partial charge in [0.1, 0.15) is 5.76 Å². The Hall–Kier alpha value is -3.28. The van der Waals surface area contributed by atoms with Crippen molar-refractivity contribution in [2.75, 3.05) is 0 Å². The maximum absolute atomic E-state index is 13.7. The van der Waals surface area contributed by atoms with Gasteiger partial charge in [-0.15, -0.1) is 0 Å². The summed E-state index contributed by atoms with van der Waals surface area (Å²) in [5.41, 5.74) is 6.67. The molecule has 0 spiro atoms. The van der Waals surface area contributed by atoms with Gasteiger partial charge in [-0.05, 0) is 56.7 Å². The number of fused-ring (bicyclic) bond motifs is 1. The number of hydrogen-bond acceptors (Lipinski definition) is 3. The number of aryl methyl sites for hydroxylation is 2. The van der Waals surface area contributed by atoms with Crippen molar-refractivity contribution in [3.8, 4) is 22.3 Å². The van der Waals surface area contributed by atoms with Gasteiger partial charge in [-0.25, -0.2) is 8.78 Å². The summed E-state index contributed by atoms with van der Waals surface area (Å²) < 4.78 is 35.0. The average molecular weight is 463 g/mol. The average Bonchev–Trinajstić information content (AvgIpc) is 3.34. The molecule has 0 saturated heterocycles. The van der Waals surface area contributed by atoms with Gasteiger partial charge in [-0.2, -0.15) is 0 Å². The van der Waals surface area contributed by atoms with Crippen LogP contribution < -0.4 is 0 Å². The van der Waals surface area contributed by atoms with Crippen LogP contribution >= 0.6 is 0 Å². The van der Waals surface area contributed by atoms with Gasteiger partial charge >= 0.3 is 0 Å². The third-order valence-corrected chi connectivity index (χ3v) is 7.10. The molecule has 0 bridgehead atoms. The van der Waals surface area contributed by atoms with E-state index in [1.807, 2.05) is 38.1 Å². The number of aromatic nitrogens is 2. The molecule has 4 nitrogen and oxygen atoms in total. The zero-order valence-corrected chi connectivity index (χ0v) is 19.7. The fourth-order valence-electron chi connectivity index (χ4n) is 5.17. The van der Waals surface area contributed by atoms with E-state index in [1.54, 1.807) is 6.92 Å². The van der Waals surface area contributed by atoms with Crippen LogP contribution in [0.5, 0.6) is 0 Å². The lowest BCUT2D eigenvalue weighted by atomic mass is 9.87. The van der Waals surface area contributed by atoms with E-state index in [0.29, 0.717) is 24.9 Å². The molecule has 1 aliphatic carbocycles. The van der Waals surface area contributed by atoms with E-state index in [-0.39, 0.29) is 24.5 Å². The quantitative estimate of drug-likeness (QED) is 0.287.